The van der Waals surface area contributed by atoms with E-state index < -0.39 is 0 Å². The number of para-hydroxylation sites is 1. The minimum absolute atomic E-state index is 0.699. The van der Waals surface area contributed by atoms with Crippen LogP contribution in [0.5, 0.6) is 5.75 Å². The number of thiazole rings is 1. The molecule has 1 aromatic heterocycles. The summed E-state index contributed by atoms with van der Waals surface area (Å²) in [4.78, 5) is 3.35. The van der Waals surface area contributed by atoms with Crippen LogP contribution in [-0.2, 0) is 0 Å². The molecule has 0 aliphatic rings. The Balaban J connectivity index is 1.81. The Morgan fingerprint density at radius 3 is 2.57 bits per heavy atom. The lowest BCUT2D eigenvalue weighted by Crippen LogP contribution is -2.07. The number of aromatic nitrogens is 1. The first kappa shape index (κ1) is 13.9. The molecule has 3 aromatic rings. The Bertz CT molecular complexity index is 740. The van der Waals surface area contributed by atoms with E-state index in [4.69, 9.17) is 16.3 Å². The number of hydrogen-bond donors (Lipinski definition) is 1. The van der Waals surface area contributed by atoms with Gasteiger partial charge in [-0.15, -0.1) is 0 Å². The molecule has 5 heteroatoms. The maximum absolute atomic E-state index is 6.15. The van der Waals surface area contributed by atoms with Crippen LogP contribution in [0.1, 0.15) is 0 Å². The van der Waals surface area contributed by atoms with Gasteiger partial charge in [0.25, 0.3) is 0 Å². The zero-order valence-electron chi connectivity index (χ0n) is 11.4. The summed E-state index contributed by atoms with van der Waals surface area (Å²) in [6, 6.07) is 15.6. The topological polar surface area (TPSA) is 35.4 Å². The molecule has 0 spiro atoms. The highest BCUT2D eigenvalue weighted by molar-refractivity contribution is 7.13. The Labute approximate surface area is 132 Å². The minimum atomic E-state index is 0.699. The second-order valence-electron chi connectivity index (χ2n) is 4.44. The van der Waals surface area contributed by atoms with Crippen LogP contribution in [-0.4, -0.2) is 7.11 Å². The first-order valence-electron chi connectivity index (χ1n) is 6.43. The third-order valence-corrected chi connectivity index (χ3v) is 4.19. The maximum atomic E-state index is 6.15. The molecule has 0 aliphatic carbocycles. The second kappa shape index (κ2) is 6.16. The molecule has 2 N–H and O–H groups in total. The van der Waals surface area contributed by atoms with E-state index in [0.29, 0.717) is 5.02 Å². The van der Waals surface area contributed by atoms with Crippen molar-refractivity contribution in [2.24, 2.45) is 0 Å². The third kappa shape index (κ3) is 3.17. The largest absolute Gasteiger partial charge is 0.497 e. The molecule has 0 saturated heterocycles. The van der Waals surface area contributed by atoms with E-state index in [2.05, 4.69) is 15.7 Å². The highest BCUT2D eigenvalue weighted by Gasteiger charge is 2.12. The zero-order chi connectivity index (χ0) is 14.7. The third-order valence-electron chi connectivity index (χ3n) is 3.07. The number of ether oxygens (including phenoxy) is 1. The lowest BCUT2D eigenvalue weighted by atomic mass is 10.2. The number of rotatable bonds is 4. The van der Waals surface area contributed by atoms with Crippen molar-refractivity contribution in [1.29, 1.82) is 0 Å². The summed E-state index contributed by atoms with van der Waals surface area (Å²) in [6.45, 7) is 0. The summed E-state index contributed by atoms with van der Waals surface area (Å²) >= 11 is 7.75. The molecular weight excluding hydrogens is 304 g/mol. The van der Waals surface area contributed by atoms with Gasteiger partial charge >= 0.3 is 5.13 Å². The minimum Gasteiger partial charge on any atom is -0.497 e. The van der Waals surface area contributed by atoms with Gasteiger partial charge in [-0.2, -0.15) is 0 Å². The number of nitrogens with one attached hydrogen (secondary N) is 2. The van der Waals surface area contributed by atoms with Crippen molar-refractivity contribution >= 4 is 33.8 Å². The molecule has 0 aliphatic heterocycles. The number of methoxy groups -OCH3 is 1. The van der Waals surface area contributed by atoms with Gasteiger partial charge in [-0.05, 0) is 36.4 Å². The smallest absolute Gasteiger partial charge is 0.337 e. The molecule has 3 nitrogen and oxygen atoms in total. The molecule has 0 unspecified atom stereocenters. The fourth-order valence-corrected chi connectivity index (χ4v) is 2.91. The predicted molar refractivity (Wildman–Crippen MR) is 87.6 cm³/mol. The van der Waals surface area contributed by atoms with Crippen LogP contribution in [0.25, 0.3) is 11.3 Å². The van der Waals surface area contributed by atoms with Crippen LogP contribution in [0.4, 0.5) is 10.8 Å². The van der Waals surface area contributed by atoms with E-state index in [9.17, 15) is 0 Å². The van der Waals surface area contributed by atoms with Gasteiger partial charge < -0.3 is 4.74 Å². The van der Waals surface area contributed by atoms with Crippen LogP contribution in [0, 0.1) is 0 Å². The fraction of sp³-hybridized carbons (Fsp3) is 0.0625. The normalized spacial score (nSPS) is 10.4. The average molecular weight is 318 g/mol. The highest BCUT2D eigenvalue weighted by atomic mass is 35.5. The Morgan fingerprint density at radius 1 is 1.10 bits per heavy atom. The molecule has 21 heavy (non-hydrogen) atoms. The Kier molecular flexibility index (Phi) is 4.08. The lowest BCUT2D eigenvalue weighted by Gasteiger charge is -1.99. The van der Waals surface area contributed by atoms with Crippen molar-refractivity contribution in [2.45, 2.75) is 0 Å². The predicted octanol–water partition coefficient (Wildman–Crippen LogP) is 4.63. The SMILES string of the molecule is COc1ccc(-c2csc(Nc3ccccc3Cl)[nH+]2)cc1. The summed E-state index contributed by atoms with van der Waals surface area (Å²) in [6.07, 6.45) is 0. The zero-order valence-corrected chi connectivity index (χ0v) is 13.0. The van der Waals surface area contributed by atoms with E-state index >= 15 is 0 Å². The van der Waals surface area contributed by atoms with Crippen molar-refractivity contribution in [3.05, 3.63) is 58.9 Å². The molecule has 0 fully saturated rings. The molecule has 0 saturated carbocycles. The fourth-order valence-electron chi connectivity index (χ4n) is 1.96. The van der Waals surface area contributed by atoms with Crippen LogP contribution >= 0.6 is 22.9 Å². The van der Waals surface area contributed by atoms with Crippen molar-refractivity contribution in [3.8, 4) is 17.0 Å². The number of halogens is 1. The highest BCUT2D eigenvalue weighted by Crippen LogP contribution is 2.27. The first-order chi connectivity index (χ1) is 10.3. The van der Waals surface area contributed by atoms with Crippen LogP contribution in [0.2, 0.25) is 5.02 Å². The summed E-state index contributed by atoms with van der Waals surface area (Å²) in [5.41, 5.74) is 3.05. The quantitative estimate of drug-likeness (QED) is 0.761. The molecule has 3 rings (SSSR count). The second-order valence-corrected chi connectivity index (χ2v) is 5.72. The average Bonchev–Trinajstić information content (AvgIpc) is 2.98. The van der Waals surface area contributed by atoms with Gasteiger partial charge in [0.1, 0.15) is 17.1 Å². The number of hydrogen-bond acceptors (Lipinski definition) is 3. The van der Waals surface area contributed by atoms with E-state index in [-0.39, 0.29) is 0 Å². The number of aromatic amines is 1. The van der Waals surface area contributed by atoms with E-state index in [1.54, 1.807) is 18.4 Å². The van der Waals surface area contributed by atoms with Gasteiger partial charge in [0.2, 0.25) is 0 Å². The molecular formula is C16H14ClN2OS+. The summed E-state index contributed by atoms with van der Waals surface area (Å²) < 4.78 is 5.17. The van der Waals surface area contributed by atoms with E-state index in [0.717, 1.165) is 27.8 Å². The van der Waals surface area contributed by atoms with Crippen molar-refractivity contribution in [3.63, 3.8) is 0 Å². The van der Waals surface area contributed by atoms with Gasteiger partial charge in [-0.25, -0.2) is 10.3 Å². The van der Waals surface area contributed by atoms with Crippen LogP contribution in [0.15, 0.2) is 53.9 Å². The lowest BCUT2D eigenvalue weighted by molar-refractivity contribution is -0.340. The first-order valence-corrected chi connectivity index (χ1v) is 7.69. The van der Waals surface area contributed by atoms with Gasteiger partial charge in [-0.3, -0.25) is 0 Å². The monoisotopic (exact) mass is 317 g/mol. The summed E-state index contributed by atoms with van der Waals surface area (Å²) in [7, 11) is 1.66. The summed E-state index contributed by atoms with van der Waals surface area (Å²) in [5.74, 6) is 0.850. The number of benzene rings is 2. The van der Waals surface area contributed by atoms with Crippen molar-refractivity contribution in [1.82, 2.24) is 0 Å². The summed E-state index contributed by atoms with van der Waals surface area (Å²) in [5, 5.41) is 7.00. The standard InChI is InChI=1S/C16H13ClN2OS/c1-20-12-8-6-11(7-9-12)15-10-21-16(19-15)18-14-5-3-2-4-13(14)17/h2-10H,1H3,(H,18,19)/p+1. The molecule has 0 atom stereocenters. The van der Waals surface area contributed by atoms with Crippen molar-refractivity contribution < 1.29 is 9.72 Å². The molecule has 0 amide bonds. The molecule has 0 radical (unpaired) electrons. The van der Waals surface area contributed by atoms with E-state index in [1.807, 2.05) is 48.5 Å². The Hall–Kier alpha value is -2.04. The van der Waals surface area contributed by atoms with Crippen LogP contribution in [0.3, 0.4) is 0 Å². The molecule has 1 heterocycles. The van der Waals surface area contributed by atoms with Gasteiger partial charge in [0.15, 0.2) is 0 Å². The molecule has 2 aromatic carbocycles. The number of H-pyrrole nitrogens is 1. The number of anilines is 2. The van der Waals surface area contributed by atoms with Crippen LogP contribution < -0.4 is 15.0 Å². The Morgan fingerprint density at radius 2 is 1.86 bits per heavy atom. The van der Waals surface area contributed by atoms with Crippen molar-refractivity contribution in [2.75, 3.05) is 12.4 Å². The van der Waals surface area contributed by atoms with Gasteiger partial charge in [0.05, 0.1) is 12.1 Å². The molecule has 0 bridgehead atoms. The van der Waals surface area contributed by atoms with Gasteiger partial charge in [0, 0.05) is 10.9 Å². The maximum Gasteiger partial charge on any atom is 0.337 e. The van der Waals surface area contributed by atoms with Gasteiger partial charge in [-0.1, -0.05) is 35.1 Å². The van der Waals surface area contributed by atoms with E-state index in [1.165, 1.54) is 0 Å². The molecule has 106 valence electrons.